The molecule has 0 saturated heterocycles. The largest absolute Gasteiger partial charge is 0.465 e. The van der Waals surface area contributed by atoms with Crippen molar-refractivity contribution >= 4 is 34.9 Å². The quantitative estimate of drug-likeness (QED) is 0.579. The first-order chi connectivity index (χ1) is 11.0. The standard InChI is InChI=1S/C15H13N3O4S/c1-22-14(21)10-7-11(13(20)16-8-10)17-15(23)18-12(19)9-5-3-2-4-6-9/h2-8H,1H3,(H,16,20)(H2,17,18,19,23). The fraction of sp³-hybridized carbons (Fsp3) is 0.0667. The fourth-order valence-electron chi connectivity index (χ4n) is 1.73. The Morgan fingerprint density at radius 1 is 1.17 bits per heavy atom. The van der Waals surface area contributed by atoms with E-state index in [4.69, 9.17) is 12.2 Å². The van der Waals surface area contributed by atoms with Gasteiger partial charge >= 0.3 is 5.97 Å². The highest BCUT2D eigenvalue weighted by Crippen LogP contribution is 2.05. The number of rotatable bonds is 3. The molecule has 0 spiro atoms. The Labute approximate surface area is 136 Å². The Bertz CT molecular complexity index is 802. The molecule has 0 aliphatic rings. The van der Waals surface area contributed by atoms with E-state index in [1.807, 2.05) is 0 Å². The molecule has 2 aromatic rings. The number of nitrogens with one attached hydrogen (secondary N) is 3. The zero-order chi connectivity index (χ0) is 16.8. The van der Waals surface area contributed by atoms with Crippen LogP contribution in [0.4, 0.5) is 5.69 Å². The first kappa shape index (κ1) is 16.4. The SMILES string of the molecule is COC(=O)c1c[nH]c(=O)c(NC(=S)NC(=O)c2ccccc2)c1. The molecule has 0 unspecified atom stereocenters. The number of H-pyrrole nitrogens is 1. The highest BCUT2D eigenvalue weighted by molar-refractivity contribution is 7.80. The molecule has 1 heterocycles. The lowest BCUT2D eigenvalue weighted by molar-refractivity contribution is 0.0600. The van der Waals surface area contributed by atoms with Crippen LogP contribution in [0, 0.1) is 0 Å². The van der Waals surface area contributed by atoms with Gasteiger partial charge in [-0.25, -0.2) is 4.79 Å². The van der Waals surface area contributed by atoms with Crippen molar-refractivity contribution in [2.45, 2.75) is 0 Å². The van der Waals surface area contributed by atoms with E-state index >= 15 is 0 Å². The third-order valence-corrected chi connectivity index (χ3v) is 3.04. The average molecular weight is 331 g/mol. The van der Waals surface area contributed by atoms with Crippen molar-refractivity contribution in [1.82, 2.24) is 10.3 Å². The first-order valence-corrected chi connectivity index (χ1v) is 6.90. The zero-order valence-electron chi connectivity index (χ0n) is 12.1. The van der Waals surface area contributed by atoms with Crippen LogP contribution in [0.5, 0.6) is 0 Å². The van der Waals surface area contributed by atoms with Crippen molar-refractivity contribution in [3.05, 3.63) is 64.1 Å². The van der Waals surface area contributed by atoms with Gasteiger partial charge in [-0.2, -0.15) is 0 Å². The second-order valence-electron chi connectivity index (χ2n) is 4.40. The van der Waals surface area contributed by atoms with Crippen LogP contribution in [0.15, 0.2) is 47.4 Å². The summed E-state index contributed by atoms with van der Waals surface area (Å²) in [5.74, 6) is -1.02. The first-order valence-electron chi connectivity index (χ1n) is 6.49. The summed E-state index contributed by atoms with van der Waals surface area (Å²) in [5.41, 5.74) is 0.0980. The van der Waals surface area contributed by atoms with E-state index in [1.54, 1.807) is 30.3 Å². The summed E-state index contributed by atoms with van der Waals surface area (Å²) in [5, 5.41) is 4.96. The number of benzene rings is 1. The Kier molecular flexibility index (Phi) is 5.21. The number of pyridine rings is 1. The summed E-state index contributed by atoms with van der Waals surface area (Å²) in [6.45, 7) is 0. The molecule has 0 fully saturated rings. The summed E-state index contributed by atoms with van der Waals surface area (Å²) < 4.78 is 4.57. The Morgan fingerprint density at radius 3 is 2.52 bits per heavy atom. The number of hydrogen-bond acceptors (Lipinski definition) is 5. The van der Waals surface area contributed by atoms with E-state index in [0.717, 1.165) is 0 Å². The molecule has 8 heteroatoms. The number of ether oxygens (including phenoxy) is 1. The van der Waals surface area contributed by atoms with Gasteiger partial charge in [0.25, 0.3) is 11.5 Å². The number of methoxy groups -OCH3 is 1. The van der Waals surface area contributed by atoms with Gasteiger partial charge in [0.1, 0.15) is 5.69 Å². The number of anilines is 1. The summed E-state index contributed by atoms with van der Waals surface area (Å²) in [7, 11) is 1.23. The molecular formula is C15H13N3O4S. The molecule has 0 aliphatic heterocycles. The molecule has 23 heavy (non-hydrogen) atoms. The Balaban J connectivity index is 2.10. The van der Waals surface area contributed by atoms with Crippen LogP contribution in [0.25, 0.3) is 0 Å². The van der Waals surface area contributed by atoms with Crippen LogP contribution in [-0.2, 0) is 4.74 Å². The van der Waals surface area contributed by atoms with Gasteiger partial charge in [0.2, 0.25) is 0 Å². The Morgan fingerprint density at radius 2 is 1.87 bits per heavy atom. The maximum absolute atomic E-state index is 12.0. The van der Waals surface area contributed by atoms with E-state index in [1.165, 1.54) is 19.4 Å². The number of carbonyl (C=O) groups excluding carboxylic acids is 2. The smallest absolute Gasteiger partial charge is 0.339 e. The minimum Gasteiger partial charge on any atom is -0.465 e. The van der Waals surface area contributed by atoms with Crippen molar-refractivity contribution < 1.29 is 14.3 Å². The predicted molar refractivity (Wildman–Crippen MR) is 88.5 cm³/mol. The molecule has 0 radical (unpaired) electrons. The van der Waals surface area contributed by atoms with Crippen LogP contribution < -0.4 is 16.2 Å². The van der Waals surface area contributed by atoms with Gasteiger partial charge in [0, 0.05) is 11.8 Å². The van der Waals surface area contributed by atoms with Crippen LogP contribution in [0.1, 0.15) is 20.7 Å². The van der Waals surface area contributed by atoms with E-state index in [-0.39, 0.29) is 16.4 Å². The lowest BCUT2D eigenvalue weighted by Crippen LogP contribution is -2.35. The van der Waals surface area contributed by atoms with Crippen molar-refractivity contribution in [3.8, 4) is 0 Å². The monoisotopic (exact) mass is 331 g/mol. The van der Waals surface area contributed by atoms with Gasteiger partial charge in [0.05, 0.1) is 12.7 Å². The molecular weight excluding hydrogens is 318 g/mol. The van der Waals surface area contributed by atoms with Gasteiger partial charge in [0.15, 0.2) is 5.11 Å². The molecule has 118 valence electrons. The molecule has 3 N–H and O–H groups in total. The van der Waals surface area contributed by atoms with E-state index < -0.39 is 17.4 Å². The number of aromatic nitrogens is 1. The maximum atomic E-state index is 12.0. The van der Waals surface area contributed by atoms with Gasteiger partial charge < -0.3 is 15.0 Å². The fourth-order valence-corrected chi connectivity index (χ4v) is 1.93. The summed E-state index contributed by atoms with van der Waals surface area (Å²) >= 11 is 5.00. The summed E-state index contributed by atoms with van der Waals surface area (Å²) in [6, 6.07) is 9.76. The number of hydrogen-bond donors (Lipinski definition) is 3. The maximum Gasteiger partial charge on any atom is 0.339 e. The van der Waals surface area contributed by atoms with E-state index in [2.05, 4.69) is 20.4 Å². The molecule has 2 rings (SSSR count). The van der Waals surface area contributed by atoms with Gasteiger partial charge in [-0.05, 0) is 30.4 Å². The second kappa shape index (κ2) is 7.32. The predicted octanol–water partition coefficient (Wildman–Crippen LogP) is 1.29. The zero-order valence-corrected chi connectivity index (χ0v) is 12.9. The Hall–Kier alpha value is -3.00. The molecule has 0 saturated carbocycles. The third-order valence-electron chi connectivity index (χ3n) is 2.84. The summed E-state index contributed by atoms with van der Waals surface area (Å²) in [4.78, 5) is 37.5. The van der Waals surface area contributed by atoms with E-state index in [0.29, 0.717) is 5.56 Å². The summed E-state index contributed by atoms with van der Waals surface area (Å²) in [6.07, 6.45) is 1.23. The topological polar surface area (TPSA) is 100 Å². The van der Waals surface area contributed by atoms with Crippen molar-refractivity contribution in [3.63, 3.8) is 0 Å². The van der Waals surface area contributed by atoms with Crippen molar-refractivity contribution in [2.75, 3.05) is 12.4 Å². The van der Waals surface area contributed by atoms with Crippen molar-refractivity contribution in [2.24, 2.45) is 0 Å². The molecule has 0 bridgehead atoms. The van der Waals surface area contributed by atoms with Crippen LogP contribution in [-0.4, -0.2) is 29.1 Å². The molecule has 1 amide bonds. The number of esters is 1. The molecule has 7 nitrogen and oxygen atoms in total. The lowest BCUT2D eigenvalue weighted by Gasteiger charge is -2.09. The van der Waals surface area contributed by atoms with Crippen LogP contribution in [0.3, 0.4) is 0 Å². The molecule has 0 atom stereocenters. The average Bonchev–Trinajstić information content (AvgIpc) is 2.56. The second-order valence-corrected chi connectivity index (χ2v) is 4.81. The number of aromatic amines is 1. The minimum absolute atomic E-state index is 0.0197. The molecule has 1 aromatic carbocycles. The van der Waals surface area contributed by atoms with Gasteiger partial charge in [-0.3, -0.25) is 14.9 Å². The number of carbonyl (C=O) groups is 2. The highest BCUT2D eigenvalue weighted by atomic mass is 32.1. The number of amides is 1. The normalized spacial score (nSPS) is 9.78. The molecule has 1 aromatic heterocycles. The highest BCUT2D eigenvalue weighted by Gasteiger charge is 2.12. The lowest BCUT2D eigenvalue weighted by atomic mass is 10.2. The number of thiocarbonyl (C=S) groups is 1. The van der Waals surface area contributed by atoms with Crippen LogP contribution >= 0.6 is 12.2 Å². The molecule has 0 aliphatic carbocycles. The van der Waals surface area contributed by atoms with Gasteiger partial charge in [-0.15, -0.1) is 0 Å². The minimum atomic E-state index is -0.608. The van der Waals surface area contributed by atoms with Gasteiger partial charge in [-0.1, -0.05) is 18.2 Å². The van der Waals surface area contributed by atoms with Crippen molar-refractivity contribution in [1.29, 1.82) is 0 Å². The third kappa shape index (κ3) is 4.24. The van der Waals surface area contributed by atoms with E-state index in [9.17, 15) is 14.4 Å². The van der Waals surface area contributed by atoms with Crippen LogP contribution in [0.2, 0.25) is 0 Å².